The van der Waals surface area contributed by atoms with E-state index in [1.807, 2.05) is 26.0 Å². The average Bonchev–Trinajstić information content (AvgIpc) is 3.27. The molecule has 1 heterocycles. The van der Waals surface area contributed by atoms with Crippen LogP contribution in [0.3, 0.4) is 0 Å². The van der Waals surface area contributed by atoms with Crippen LogP contribution in [0.25, 0.3) is 0 Å². The Bertz CT molecular complexity index is 1230. The van der Waals surface area contributed by atoms with E-state index in [-0.39, 0.29) is 19.3 Å². The van der Waals surface area contributed by atoms with Gasteiger partial charge in [-0.1, -0.05) is 15.9 Å². The summed E-state index contributed by atoms with van der Waals surface area (Å²) in [6.45, 7) is 3.81. The molecule has 0 saturated heterocycles. The molecule has 3 aromatic carbocycles. The molecule has 174 valence electrons. The fourth-order valence-corrected chi connectivity index (χ4v) is 3.97. The fraction of sp³-hybridized carbons (Fsp3) is 0.160. The summed E-state index contributed by atoms with van der Waals surface area (Å²) in [6, 6.07) is 15.4. The molecular formula is C25H21BrN2O6. The molecule has 1 aliphatic heterocycles. The first-order chi connectivity index (χ1) is 16.4. The molecule has 1 N–H and O–H groups in total. The van der Waals surface area contributed by atoms with Gasteiger partial charge in [0.2, 0.25) is 6.79 Å². The smallest absolute Gasteiger partial charge is 0.343 e. The van der Waals surface area contributed by atoms with E-state index < -0.39 is 5.97 Å². The maximum atomic E-state index is 12.4. The number of carbonyl (C=O) groups is 2. The molecule has 1 amide bonds. The van der Waals surface area contributed by atoms with Crippen LogP contribution >= 0.6 is 15.9 Å². The number of rotatable bonds is 7. The van der Waals surface area contributed by atoms with E-state index in [1.54, 1.807) is 42.5 Å². The number of fused-ring (bicyclic) bond motifs is 1. The van der Waals surface area contributed by atoms with Crippen LogP contribution in [0.2, 0.25) is 0 Å². The van der Waals surface area contributed by atoms with Crippen molar-refractivity contribution >= 4 is 34.0 Å². The Morgan fingerprint density at radius 3 is 2.47 bits per heavy atom. The predicted octanol–water partition coefficient (Wildman–Crippen LogP) is 4.54. The van der Waals surface area contributed by atoms with Gasteiger partial charge in [0, 0.05) is 4.47 Å². The molecule has 0 atom stereocenters. The van der Waals surface area contributed by atoms with Gasteiger partial charge in [-0.15, -0.1) is 0 Å². The average molecular weight is 525 g/mol. The van der Waals surface area contributed by atoms with Crippen LogP contribution in [0.1, 0.15) is 27.0 Å². The van der Waals surface area contributed by atoms with Gasteiger partial charge in [-0.25, -0.2) is 10.2 Å². The topological polar surface area (TPSA) is 95.5 Å². The molecule has 3 aromatic rings. The molecule has 1 aliphatic rings. The molecule has 8 nitrogen and oxygen atoms in total. The number of nitrogens with zero attached hydrogens (tertiary/aromatic N) is 1. The summed E-state index contributed by atoms with van der Waals surface area (Å²) in [7, 11) is 0. The zero-order valence-electron chi connectivity index (χ0n) is 18.5. The Hall–Kier alpha value is -3.85. The minimum Gasteiger partial charge on any atom is -0.483 e. The Morgan fingerprint density at radius 2 is 1.74 bits per heavy atom. The van der Waals surface area contributed by atoms with Gasteiger partial charge in [0.05, 0.1) is 11.8 Å². The molecular weight excluding hydrogens is 504 g/mol. The number of esters is 1. The van der Waals surface area contributed by atoms with E-state index in [4.69, 9.17) is 18.9 Å². The zero-order chi connectivity index (χ0) is 24.1. The second-order valence-corrected chi connectivity index (χ2v) is 8.39. The lowest BCUT2D eigenvalue weighted by Gasteiger charge is -2.11. The summed E-state index contributed by atoms with van der Waals surface area (Å²) in [6.07, 6.45) is 1.48. The number of hydrogen-bond donors (Lipinski definition) is 1. The van der Waals surface area contributed by atoms with Gasteiger partial charge in [0.25, 0.3) is 5.91 Å². The molecule has 0 aromatic heterocycles. The molecule has 0 bridgehead atoms. The summed E-state index contributed by atoms with van der Waals surface area (Å²) in [5, 5.41) is 3.94. The largest absolute Gasteiger partial charge is 0.483 e. The normalized spacial score (nSPS) is 12.0. The molecule has 0 saturated carbocycles. The molecule has 0 aliphatic carbocycles. The monoisotopic (exact) mass is 524 g/mol. The number of nitrogens with one attached hydrogen (secondary N) is 1. The SMILES string of the molecule is Cc1cc(Br)cc(C)c1OCC(=O)NN=Cc1ccc(OC(=O)c2ccc3c(c2)OCO3)cc1. The highest BCUT2D eigenvalue weighted by Gasteiger charge is 2.17. The van der Waals surface area contributed by atoms with Gasteiger partial charge in [0.1, 0.15) is 11.5 Å². The van der Waals surface area contributed by atoms with E-state index in [0.29, 0.717) is 34.1 Å². The van der Waals surface area contributed by atoms with Crippen molar-refractivity contribution < 1.29 is 28.5 Å². The van der Waals surface area contributed by atoms with Crippen molar-refractivity contribution in [2.75, 3.05) is 13.4 Å². The number of carbonyl (C=O) groups excluding carboxylic acids is 2. The number of aryl methyl sites for hydroxylation is 2. The second kappa shape index (κ2) is 10.4. The van der Waals surface area contributed by atoms with Gasteiger partial charge < -0.3 is 18.9 Å². The summed E-state index contributed by atoms with van der Waals surface area (Å²) in [5.41, 5.74) is 5.36. The van der Waals surface area contributed by atoms with Gasteiger partial charge in [-0.2, -0.15) is 5.10 Å². The van der Waals surface area contributed by atoms with E-state index in [2.05, 4.69) is 26.5 Å². The minimum absolute atomic E-state index is 0.134. The fourth-order valence-electron chi connectivity index (χ4n) is 3.29. The maximum absolute atomic E-state index is 12.4. The Labute approximate surface area is 204 Å². The molecule has 0 unspecified atom stereocenters. The van der Waals surface area contributed by atoms with Gasteiger partial charge in [-0.3, -0.25) is 4.79 Å². The first kappa shape index (κ1) is 23.3. The van der Waals surface area contributed by atoms with Crippen molar-refractivity contribution in [2.45, 2.75) is 13.8 Å². The van der Waals surface area contributed by atoms with Crippen LogP contribution in [-0.2, 0) is 4.79 Å². The van der Waals surface area contributed by atoms with Crippen molar-refractivity contribution in [1.82, 2.24) is 5.43 Å². The Morgan fingerprint density at radius 1 is 1.03 bits per heavy atom. The number of hydrogen-bond acceptors (Lipinski definition) is 7. The van der Waals surface area contributed by atoms with E-state index >= 15 is 0 Å². The van der Waals surface area contributed by atoms with Crippen molar-refractivity contribution in [1.29, 1.82) is 0 Å². The summed E-state index contributed by atoms with van der Waals surface area (Å²) in [4.78, 5) is 24.4. The third kappa shape index (κ3) is 5.74. The van der Waals surface area contributed by atoms with Crippen LogP contribution in [-0.4, -0.2) is 31.5 Å². The quantitative estimate of drug-likeness (QED) is 0.211. The maximum Gasteiger partial charge on any atom is 0.343 e. The summed E-state index contributed by atoms with van der Waals surface area (Å²) >= 11 is 3.43. The lowest BCUT2D eigenvalue weighted by molar-refractivity contribution is -0.123. The van der Waals surface area contributed by atoms with Gasteiger partial charge in [-0.05, 0) is 85.1 Å². The van der Waals surface area contributed by atoms with E-state index in [0.717, 1.165) is 15.6 Å². The van der Waals surface area contributed by atoms with Crippen molar-refractivity contribution in [3.05, 3.63) is 81.3 Å². The predicted molar refractivity (Wildman–Crippen MR) is 129 cm³/mol. The molecule has 0 radical (unpaired) electrons. The molecule has 4 rings (SSSR count). The van der Waals surface area contributed by atoms with Gasteiger partial charge in [0.15, 0.2) is 18.1 Å². The van der Waals surface area contributed by atoms with Crippen molar-refractivity contribution in [3.8, 4) is 23.0 Å². The van der Waals surface area contributed by atoms with Crippen molar-refractivity contribution in [3.63, 3.8) is 0 Å². The van der Waals surface area contributed by atoms with Crippen LogP contribution in [0.4, 0.5) is 0 Å². The number of hydrazone groups is 1. The van der Waals surface area contributed by atoms with E-state index in [1.165, 1.54) is 6.21 Å². The molecule has 9 heteroatoms. The van der Waals surface area contributed by atoms with Crippen molar-refractivity contribution in [2.24, 2.45) is 5.10 Å². The standard InChI is InChI=1S/C25H21BrN2O6/c1-15-9-19(26)10-16(2)24(15)31-13-23(29)28-27-12-17-3-6-20(7-4-17)34-25(30)18-5-8-21-22(11-18)33-14-32-21/h3-12H,13-14H2,1-2H3,(H,28,29). The summed E-state index contributed by atoms with van der Waals surface area (Å²) in [5.74, 6) is 1.26. The van der Waals surface area contributed by atoms with Crippen LogP contribution in [0, 0.1) is 13.8 Å². The first-order valence-corrected chi connectivity index (χ1v) is 11.1. The highest BCUT2D eigenvalue weighted by molar-refractivity contribution is 9.10. The number of benzene rings is 3. The lowest BCUT2D eigenvalue weighted by Crippen LogP contribution is -2.25. The highest BCUT2D eigenvalue weighted by atomic mass is 79.9. The lowest BCUT2D eigenvalue weighted by atomic mass is 10.1. The third-order valence-corrected chi connectivity index (χ3v) is 5.33. The Balaban J connectivity index is 1.26. The number of ether oxygens (including phenoxy) is 4. The van der Waals surface area contributed by atoms with Crippen LogP contribution in [0.15, 0.2) is 64.2 Å². The minimum atomic E-state index is -0.511. The highest BCUT2D eigenvalue weighted by Crippen LogP contribution is 2.32. The second-order valence-electron chi connectivity index (χ2n) is 7.48. The van der Waals surface area contributed by atoms with E-state index in [9.17, 15) is 9.59 Å². The first-order valence-electron chi connectivity index (χ1n) is 10.3. The Kier molecular flexibility index (Phi) is 7.12. The zero-order valence-corrected chi connectivity index (χ0v) is 20.0. The molecule has 34 heavy (non-hydrogen) atoms. The van der Waals surface area contributed by atoms with Crippen LogP contribution in [0.5, 0.6) is 23.0 Å². The number of halogens is 1. The molecule has 0 spiro atoms. The molecule has 0 fully saturated rings. The third-order valence-electron chi connectivity index (χ3n) is 4.87. The van der Waals surface area contributed by atoms with Gasteiger partial charge >= 0.3 is 5.97 Å². The number of amides is 1. The van der Waals surface area contributed by atoms with Crippen LogP contribution < -0.4 is 24.4 Å². The summed E-state index contributed by atoms with van der Waals surface area (Å²) < 4.78 is 22.5.